The molecule has 2 aromatic rings. The van der Waals surface area contributed by atoms with E-state index in [1.807, 2.05) is 0 Å². The summed E-state index contributed by atoms with van der Waals surface area (Å²) >= 11 is 1.62. The normalized spacial score (nSPS) is 28.9. The first-order valence-corrected chi connectivity index (χ1v) is 12.0. The molecule has 3 heterocycles. The lowest BCUT2D eigenvalue weighted by molar-refractivity contribution is -0.142. The number of carboxylic acids is 1. The minimum absolute atomic E-state index is 0.0370. The van der Waals surface area contributed by atoms with E-state index in [2.05, 4.69) is 14.9 Å². The minimum atomic E-state index is -2.51. The van der Waals surface area contributed by atoms with Crippen LogP contribution in [0.4, 0.5) is 8.78 Å². The van der Waals surface area contributed by atoms with E-state index in [0.29, 0.717) is 37.9 Å². The Morgan fingerprint density at radius 3 is 2.61 bits per heavy atom. The highest BCUT2D eigenvalue weighted by atomic mass is 32.1. The van der Waals surface area contributed by atoms with Crippen LogP contribution in [0.15, 0.2) is 6.33 Å². The number of piperidine rings is 1. The van der Waals surface area contributed by atoms with Crippen molar-refractivity contribution in [3.8, 4) is 5.88 Å². The van der Waals surface area contributed by atoms with Gasteiger partial charge in [-0.2, -0.15) is 0 Å². The molecule has 1 saturated carbocycles. The third-order valence-corrected chi connectivity index (χ3v) is 8.32. The fraction of sp³-hybridized carbons (Fsp3) is 0.682. The van der Waals surface area contributed by atoms with Gasteiger partial charge in [0.15, 0.2) is 0 Å². The number of thiophene rings is 1. The molecule has 3 aliphatic rings. The van der Waals surface area contributed by atoms with Gasteiger partial charge in [0.1, 0.15) is 17.3 Å². The average molecular weight is 452 g/mol. The topological polar surface area (TPSA) is 75.5 Å². The lowest BCUT2D eigenvalue weighted by Crippen LogP contribution is -2.47. The zero-order chi connectivity index (χ0) is 21.6. The molecule has 2 fully saturated rings. The quantitative estimate of drug-likeness (QED) is 0.747. The van der Waals surface area contributed by atoms with Gasteiger partial charge in [0, 0.05) is 36.9 Å². The molecular formula is C22H27F2N3O3S. The van der Waals surface area contributed by atoms with Crippen molar-refractivity contribution in [2.45, 2.75) is 75.9 Å². The number of ether oxygens (including phenoxy) is 1. The summed E-state index contributed by atoms with van der Waals surface area (Å²) in [7, 11) is 0. The van der Waals surface area contributed by atoms with Crippen molar-refractivity contribution in [1.82, 2.24) is 14.9 Å². The minimum Gasteiger partial charge on any atom is -0.481 e. The number of likely N-dealkylation sites (tertiary alicyclic amines) is 1. The SMILES string of the molecule is O=C(O)[C@H]1CCc2sc3ncnc(O[C@H]4CC[C@H](N5CCC(F)(F)CC5)CC4)c3c2C1. The molecule has 0 radical (unpaired) electrons. The molecule has 0 spiro atoms. The number of halogens is 2. The molecule has 9 heteroatoms. The summed E-state index contributed by atoms with van der Waals surface area (Å²) in [5.74, 6) is -3.06. The van der Waals surface area contributed by atoms with Crippen LogP contribution in [0.2, 0.25) is 0 Å². The van der Waals surface area contributed by atoms with Crippen LogP contribution in [-0.4, -0.2) is 57.1 Å². The molecule has 0 bridgehead atoms. The monoisotopic (exact) mass is 451 g/mol. The van der Waals surface area contributed by atoms with Crippen molar-refractivity contribution in [2.75, 3.05) is 13.1 Å². The maximum Gasteiger partial charge on any atom is 0.306 e. The lowest BCUT2D eigenvalue weighted by Gasteiger charge is -2.40. The van der Waals surface area contributed by atoms with Crippen molar-refractivity contribution in [3.05, 3.63) is 16.8 Å². The Morgan fingerprint density at radius 1 is 1.16 bits per heavy atom. The highest BCUT2D eigenvalue weighted by Gasteiger charge is 2.37. The summed E-state index contributed by atoms with van der Waals surface area (Å²) in [5.41, 5.74) is 1.04. The van der Waals surface area contributed by atoms with Gasteiger partial charge in [-0.1, -0.05) is 0 Å². The van der Waals surface area contributed by atoms with E-state index >= 15 is 0 Å². The first kappa shape index (κ1) is 21.0. The number of nitrogens with zero attached hydrogens (tertiary/aromatic N) is 3. The Morgan fingerprint density at radius 2 is 1.90 bits per heavy atom. The van der Waals surface area contributed by atoms with Gasteiger partial charge < -0.3 is 9.84 Å². The molecule has 1 aliphatic heterocycles. The number of carbonyl (C=O) groups is 1. The summed E-state index contributed by atoms with van der Waals surface area (Å²) in [4.78, 5) is 24.6. The van der Waals surface area contributed by atoms with Crippen molar-refractivity contribution in [2.24, 2.45) is 5.92 Å². The van der Waals surface area contributed by atoms with Crippen LogP contribution in [0, 0.1) is 5.92 Å². The fourth-order valence-corrected chi connectivity index (χ4v) is 6.46. The second-order valence-electron chi connectivity index (χ2n) is 9.08. The maximum atomic E-state index is 13.4. The van der Waals surface area contributed by atoms with Crippen LogP contribution >= 0.6 is 11.3 Å². The van der Waals surface area contributed by atoms with E-state index in [0.717, 1.165) is 47.9 Å². The van der Waals surface area contributed by atoms with Crippen molar-refractivity contribution in [1.29, 1.82) is 0 Å². The average Bonchev–Trinajstić information content (AvgIpc) is 3.13. The molecule has 1 atom stereocenters. The van der Waals surface area contributed by atoms with Gasteiger partial charge in [-0.3, -0.25) is 9.69 Å². The number of fused-ring (bicyclic) bond motifs is 3. The number of alkyl halides is 2. The van der Waals surface area contributed by atoms with Crippen LogP contribution in [-0.2, 0) is 17.6 Å². The molecule has 1 N–H and O–H groups in total. The van der Waals surface area contributed by atoms with E-state index in [-0.39, 0.29) is 24.9 Å². The number of carboxylic acid groups (broad SMARTS) is 1. The van der Waals surface area contributed by atoms with Gasteiger partial charge in [-0.15, -0.1) is 11.3 Å². The zero-order valence-electron chi connectivity index (χ0n) is 17.4. The Balaban J connectivity index is 1.27. The van der Waals surface area contributed by atoms with E-state index < -0.39 is 11.9 Å². The molecule has 2 aromatic heterocycles. The number of hydrogen-bond acceptors (Lipinski definition) is 6. The van der Waals surface area contributed by atoms with Gasteiger partial charge in [0.05, 0.1) is 11.3 Å². The molecule has 1 saturated heterocycles. The summed E-state index contributed by atoms with van der Waals surface area (Å²) in [6, 6.07) is 0.353. The molecule has 6 nitrogen and oxygen atoms in total. The van der Waals surface area contributed by atoms with Crippen molar-refractivity contribution in [3.63, 3.8) is 0 Å². The molecule has 0 unspecified atom stereocenters. The molecule has 31 heavy (non-hydrogen) atoms. The molecular weight excluding hydrogens is 424 g/mol. The largest absolute Gasteiger partial charge is 0.481 e. The van der Waals surface area contributed by atoms with E-state index in [4.69, 9.17) is 4.74 Å². The van der Waals surface area contributed by atoms with Crippen LogP contribution in [0.5, 0.6) is 5.88 Å². The van der Waals surface area contributed by atoms with Gasteiger partial charge >= 0.3 is 5.97 Å². The fourth-order valence-electron chi connectivity index (χ4n) is 5.28. The maximum absolute atomic E-state index is 13.4. The first-order valence-electron chi connectivity index (χ1n) is 11.2. The Hall–Kier alpha value is -1.87. The summed E-state index contributed by atoms with van der Waals surface area (Å²) in [6.45, 7) is 0.947. The van der Waals surface area contributed by atoms with Gasteiger partial charge in [-0.25, -0.2) is 18.7 Å². The molecule has 5 rings (SSSR count). The standard InChI is InChI=1S/C22H27F2N3O3S/c23-22(24)7-9-27(10-8-22)14-2-4-15(5-3-14)30-19-18-16-11-13(21(28)29)1-6-17(16)31-20(18)26-12-25-19/h12-15H,1-11H2,(H,28,29)/t13-,14-,15-/m0/s1. The number of aromatic nitrogens is 2. The van der Waals surface area contributed by atoms with Gasteiger partial charge in [-0.05, 0) is 50.5 Å². The zero-order valence-corrected chi connectivity index (χ0v) is 18.2. The summed E-state index contributed by atoms with van der Waals surface area (Å²) < 4.78 is 33.2. The number of aliphatic carboxylic acids is 1. The predicted octanol–water partition coefficient (Wildman–Crippen LogP) is 4.30. The Bertz CT molecular complexity index is 964. The third-order valence-electron chi connectivity index (χ3n) is 7.12. The number of hydrogen-bond donors (Lipinski definition) is 1. The first-order chi connectivity index (χ1) is 14.9. The molecule has 0 aromatic carbocycles. The highest BCUT2D eigenvalue weighted by molar-refractivity contribution is 7.18. The lowest BCUT2D eigenvalue weighted by atomic mass is 9.87. The van der Waals surface area contributed by atoms with Gasteiger partial charge in [0.2, 0.25) is 5.88 Å². The second kappa shape index (κ2) is 8.24. The van der Waals surface area contributed by atoms with Crippen molar-refractivity contribution >= 4 is 27.5 Å². The Kier molecular flexibility index (Phi) is 5.58. The van der Waals surface area contributed by atoms with Crippen LogP contribution in [0.25, 0.3) is 10.2 Å². The van der Waals surface area contributed by atoms with E-state index in [1.54, 1.807) is 11.3 Å². The number of rotatable bonds is 4. The number of aryl methyl sites for hydroxylation is 1. The summed E-state index contributed by atoms with van der Waals surface area (Å²) in [6.07, 6.45) is 7.01. The van der Waals surface area contributed by atoms with E-state index in [9.17, 15) is 18.7 Å². The smallest absolute Gasteiger partial charge is 0.306 e. The molecule has 2 aliphatic carbocycles. The van der Waals surface area contributed by atoms with Gasteiger partial charge in [0.25, 0.3) is 5.92 Å². The Labute approximate surface area is 183 Å². The molecule has 0 amide bonds. The second-order valence-corrected chi connectivity index (χ2v) is 10.2. The van der Waals surface area contributed by atoms with Crippen LogP contribution in [0.3, 0.4) is 0 Å². The summed E-state index contributed by atoms with van der Waals surface area (Å²) in [5, 5.41) is 10.3. The van der Waals surface area contributed by atoms with E-state index in [1.165, 1.54) is 11.2 Å². The molecule has 168 valence electrons. The van der Waals surface area contributed by atoms with Crippen molar-refractivity contribution < 1.29 is 23.4 Å². The third kappa shape index (κ3) is 4.26. The predicted molar refractivity (Wildman–Crippen MR) is 113 cm³/mol. The van der Waals surface area contributed by atoms with Crippen LogP contribution in [0.1, 0.15) is 55.4 Å². The highest BCUT2D eigenvalue weighted by Crippen LogP contribution is 2.41. The van der Waals surface area contributed by atoms with Crippen LogP contribution < -0.4 is 4.74 Å².